The van der Waals surface area contributed by atoms with Gasteiger partial charge in [0, 0.05) is 17.3 Å². The summed E-state index contributed by atoms with van der Waals surface area (Å²) in [5.41, 5.74) is 8.97. The van der Waals surface area contributed by atoms with E-state index < -0.39 is 0 Å². The Morgan fingerprint density at radius 1 is 1.06 bits per heavy atom. The summed E-state index contributed by atoms with van der Waals surface area (Å²) >= 11 is 7.43. The van der Waals surface area contributed by atoms with Gasteiger partial charge in [-0.2, -0.15) is 0 Å². The van der Waals surface area contributed by atoms with Crippen molar-refractivity contribution in [2.24, 2.45) is 5.73 Å². The molecule has 0 aliphatic rings. The minimum atomic E-state index is -0.172. The molecular weight excluding hydrogens is 266 g/mol. The summed E-state index contributed by atoms with van der Waals surface area (Å²) in [5.74, 6) is 0. The molecule has 0 fully saturated rings. The van der Waals surface area contributed by atoms with Gasteiger partial charge in [0.15, 0.2) is 0 Å². The first-order valence-electron chi connectivity index (χ1n) is 5.45. The van der Waals surface area contributed by atoms with Crippen LogP contribution in [0.2, 0.25) is 4.34 Å². The number of nitrogens with zero attached hydrogens (tertiary/aromatic N) is 2. The summed E-state index contributed by atoms with van der Waals surface area (Å²) in [6.07, 6.45) is 3.36. The molecule has 3 rings (SSSR count). The van der Waals surface area contributed by atoms with Crippen LogP contribution in [0.5, 0.6) is 0 Å². The molecule has 0 saturated heterocycles. The number of rotatable bonds is 2. The summed E-state index contributed by atoms with van der Waals surface area (Å²) in [5, 5.41) is 0. The first kappa shape index (κ1) is 11.6. The number of hydrogen-bond donors (Lipinski definition) is 1. The summed E-state index contributed by atoms with van der Waals surface area (Å²) < 4.78 is 0.751. The Hall–Kier alpha value is -1.49. The molecule has 0 aliphatic heterocycles. The molecule has 5 heteroatoms. The van der Waals surface area contributed by atoms with Gasteiger partial charge in [-0.15, -0.1) is 11.3 Å². The Morgan fingerprint density at radius 3 is 2.56 bits per heavy atom. The normalized spacial score (nSPS) is 12.8. The third kappa shape index (κ3) is 2.10. The molecule has 90 valence electrons. The second-order valence-electron chi connectivity index (χ2n) is 3.92. The standard InChI is InChI=1S/C13H10ClN3S/c14-12-4-3-11(18-12)13(15)8-1-2-9-10(7-8)17-6-5-16-9/h1-7,13H,15H2. The minimum Gasteiger partial charge on any atom is -0.320 e. The van der Waals surface area contributed by atoms with Gasteiger partial charge in [-0.25, -0.2) is 0 Å². The third-order valence-electron chi connectivity index (χ3n) is 2.75. The van der Waals surface area contributed by atoms with E-state index in [0.29, 0.717) is 0 Å². The second-order valence-corrected chi connectivity index (χ2v) is 5.67. The smallest absolute Gasteiger partial charge is 0.0931 e. The van der Waals surface area contributed by atoms with Crippen LogP contribution in [-0.2, 0) is 0 Å². The summed E-state index contributed by atoms with van der Waals surface area (Å²) in [4.78, 5) is 9.56. The van der Waals surface area contributed by atoms with Gasteiger partial charge in [-0.1, -0.05) is 17.7 Å². The van der Waals surface area contributed by atoms with Gasteiger partial charge in [0.25, 0.3) is 0 Å². The molecule has 2 heterocycles. The van der Waals surface area contributed by atoms with Crippen molar-refractivity contribution >= 4 is 34.0 Å². The maximum atomic E-state index is 6.22. The number of fused-ring (bicyclic) bond motifs is 1. The molecule has 0 spiro atoms. The maximum Gasteiger partial charge on any atom is 0.0931 e. The Morgan fingerprint density at radius 2 is 1.83 bits per heavy atom. The van der Waals surface area contributed by atoms with Crippen LogP contribution < -0.4 is 5.73 Å². The summed E-state index contributed by atoms with van der Waals surface area (Å²) in [7, 11) is 0. The lowest BCUT2D eigenvalue weighted by Gasteiger charge is -2.10. The van der Waals surface area contributed by atoms with Crippen molar-refractivity contribution in [3.63, 3.8) is 0 Å². The Balaban J connectivity index is 2.03. The fourth-order valence-corrected chi connectivity index (χ4v) is 2.92. The lowest BCUT2D eigenvalue weighted by Crippen LogP contribution is -2.10. The van der Waals surface area contributed by atoms with Gasteiger partial charge >= 0.3 is 0 Å². The molecule has 1 unspecified atom stereocenters. The van der Waals surface area contributed by atoms with Gasteiger partial charge in [-0.05, 0) is 29.8 Å². The molecule has 2 N–H and O–H groups in total. The van der Waals surface area contributed by atoms with Crippen LogP contribution in [0.3, 0.4) is 0 Å². The number of aromatic nitrogens is 2. The first-order valence-corrected chi connectivity index (χ1v) is 6.65. The van der Waals surface area contributed by atoms with E-state index in [2.05, 4.69) is 9.97 Å². The van der Waals surface area contributed by atoms with Crippen molar-refractivity contribution in [2.75, 3.05) is 0 Å². The zero-order valence-electron chi connectivity index (χ0n) is 9.38. The quantitative estimate of drug-likeness (QED) is 0.780. The molecule has 0 bridgehead atoms. The van der Waals surface area contributed by atoms with E-state index >= 15 is 0 Å². The maximum absolute atomic E-state index is 6.22. The van der Waals surface area contributed by atoms with Crippen molar-refractivity contribution in [1.82, 2.24) is 9.97 Å². The van der Waals surface area contributed by atoms with Crippen molar-refractivity contribution in [2.45, 2.75) is 6.04 Å². The van der Waals surface area contributed by atoms with Gasteiger partial charge in [-0.3, -0.25) is 9.97 Å². The first-order chi connectivity index (χ1) is 8.74. The predicted octanol–water partition coefficient (Wildman–Crippen LogP) is 3.39. The molecule has 0 aliphatic carbocycles. The lowest BCUT2D eigenvalue weighted by atomic mass is 10.1. The number of hydrogen-bond acceptors (Lipinski definition) is 4. The van der Waals surface area contributed by atoms with Crippen molar-refractivity contribution in [1.29, 1.82) is 0 Å². The van der Waals surface area contributed by atoms with Crippen LogP contribution in [0.15, 0.2) is 42.7 Å². The summed E-state index contributed by atoms with van der Waals surface area (Å²) in [6.45, 7) is 0. The monoisotopic (exact) mass is 275 g/mol. The van der Waals surface area contributed by atoms with Gasteiger partial charge in [0.05, 0.1) is 21.4 Å². The highest BCUT2D eigenvalue weighted by molar-refractivity contribution is 7.16. The second kappa shape index (κ2) is 4.65. The molecule has 1 aromatic carbocycles. The van der Waals surface area contributed by atoms with Crippen LogP contribution in [0.25, 0.3) is 11.0 Å². The largest absolute Gasteiger partial charge is 0.320 e. The van der Waals surface area contributed by atoms with Crippen LogP contribution in [0.4, 0.5) is 0 Å². The third-order valence-corrected chi connectivity index (χ3v) is 4.07. The Bertz CT molecular complexity index is 695. The fraction of sp³-hybridized carbons (Fsp3) is 0.0769. The number of halogens is 1. The van der Waals surface area contributed by atoms with Crippen LogP contribution in [0.1, 0.15) is 16.5 Å². The minimum absolute atomic E-state index is 0.172. The Kier molecular flexibility index (Phi) is 2.99. The van der Waals surface area contributed by atoms with E-state index in [1.54, 1.807) is 12.4 Å². The van der Waals surface area contributed by atoms with E-state index in [-0.39, 0.29) is 6.04 Å². The van der Waals surface area contributed by atoms with Crippen molar-refractivity contribution in [3.8, 4) is 0 Å². The van der Waals surface area contributed by atoms with E-state index in [0.717, 1.165) is 25.8 Å². The van der Waals surface area contributed by atoms with Crippen molar-refractivity contribution < 1.29 is 0 Å². The van der Waals surface area contributed by atoms with Crippen LogP contribution in [0, 0.1) is 0 Å². The fourth-order valence-electron chi connectivity index (χ4n) is 1.83. The molecule has 0 saturated carbocycles. The van der Waals surface area contributed by atoms with Crippen LogP contribution >= 0.6 is 22.9 Å². The average molecular weight is 276 g/mol. The molecule has 3 nitrogen and oxygen atoms in total. The molecule has 2 aromatic heterocycles. The van der Waals surface area contributed by atoms with Gasteiger partial charge < -0.3 is 5.73 Å². The van der Waals surface area contributed by atoms with Crippen LogP contribution in [-0.4, -0.2) is 9.97 Å². The molecule has 1 atom stereocenters. The number of nitrogens with two attached hydrogens (primary N) is 1. The predicted molar refractivity (Wildman–Crippen MR) is 74.9 cm³/mol. The number of benzene rings is 1. The highest BCUT2D eigenvalue weighted by atomic mass is 35.5. The Labute approximate surface area is 113 Å². The van der Waals surface area contributed by atoms with E-state index in [1.165, 1.54) is 11.3 Å². The topological polar surface area (TPSA) is 51.8 Å². The highest BCUT2D eigenvalue weighted by Gasteiger charge is 2.12. The SMILES string of the molecule is NC(c1ccc2nccnc2c1)c1ccc(Cl)s1. The average Bonchev–Trinajstić information content (AvgIpc) is 2.84. The van der Waals surface area contributed by atoms with Crippen molar-refractivity contribution in [3.05, 3.63) is 57.5 Å². The zero-order valence-corrected chi connectivity index (χ0v) is 10.9. The zero-order chi connectivity index (χ0) is 12.5. The molecule has 0 radical (unpaired) electrons. The molecular formula is C13H10ClN3S. The molecule has 3 aromatic rings. The molecule has 18 heavy (non-hydrogen) atoms. The lowest BCUT2D eigenvalue weighted by molar-refractivity contribution is 0.895. The molecule has 0 amide bonds. The summed E-state index contributed by atoms with van der Waals surface area (Å²) in [6, 6.07) is 9.54. The van der Waals surface area contributed by atoms with E-state index in [1.807, 2.05) is 30.3 Å². The van der Waals surface area contributed by atoms with Gasteiger partial charge in [0.1, 0.15) is 0 Å². The number of thiophene rings is 1. The van der Waals surface area contributed by atoms with Gasteiger partial charge in [0.2, 0.25) is 0 Å². The highest BCUT2D eigenvalue weighted by Crippen LogP contribution is 2.30. The van der Waals surface area contributed by atoms with E-state index in [4.69, 9.17) is 17.3 Å². The van der Waals surface area contributed by atoms with E-state index in [9.17, 15) is 0 Å².